The molecule has 146 valence electrons. The Morgan fingerprint density at radius 1 is 1.52 bits per heavy atom. The minimum atomic E-state index is -2.65. The fraction of sp³-hybridized carbons (Fsp3) is 0.312. The summed E-state index contributed by atoms with van der Waals surface area (Å²) >= 11 is 0.943. The summed E-state index contributed by atoms with van der Waals surface area (Å²) in [6.45, 7) is 0.720. The molecule has 0 unspecified atom stereocenters. The smallest absolute Gasteiger partial charge is 0.272 e. The molecular formula is C16H19F2N5O3S. The van der Waals surface area contributed by atoms with E-state index in [2.05, 4.69) is 15.6 Å². The molecule has 2 rings (SSSR count). The van der Waals surface area contributed by atoms with Crippen molar-refractivity contribution in [2.24, 2.45) is 5.73 Å². The Balaban J connectivity index is 2.26. The zero-order valence-corrected chi connectivity index (χ0v) is 15.2. The van der Waals surface area contributed by atoms with E-state index in [1.807, 2.05) is 0 Å². The lowest BCUT2D eigenvalue weighted by molar-refractivity contribution is -0.116. The van der Waals surface area contributed by atoms with Crippen molar-refractivity contribution in [1.29, 1.82) is 5.41 Å². The van der Waals surface area contributed by atoms with Crippen LogP contribution in [-0.4, -0.2) is 47.2 Å². The number of carbonyl (C=O) groups excluding carboxylic acids is 1. The van der Waals surface area contributed by atoms with Gasteiger partial charge in [-0.15, -0.1) is 0 Å². The van der Waals surface area contributed by atoms with Crippen molar-refractivity contribution in [3.05, 3.63) is 40.2 Å². The number of thioether (sulfide) groups is 1. The number of amides is 1. The van der Waals surface area contributed by atoms with Gasteiger partial charge >= 0.3 is 0 Å². The number of pyridine rings is 1. The maximum Gasteiger partial charge on any atom is 0.272 e. The number of nitrogens with one attached hydrogen (secondary N) is 3. The molecule has 1 aliphatic rings. The number of rotatable bonds is 8. The van der Waals surface area contributed by atoms with Gasteiger partial charge in [0.05, 0.1) is 17.1 Å². The van der Waals surface area contributed by atoms with Crippen molar-refractivity contribution < 1.29 is 23.4 Å². The van der Waals surface area contributed by atoms with E-state index in [9.17, 15) is 13.6 Å². The highest BCUT2D eigenvalue weighted by molar-refractivity contribution is 8.18. The van der Waals surface area contributed by atoms with E-state index in [1.54, 1.807) is 19.1 Å². The quantitative estimate of drug-likeness (QED) is 0.446. The second-order valence-electron chi connectivity index (χ2n) is 5.34. The van der Waals surface area contributed by atoms with E-state index in [1.165, 1.54) is 6.20 Å². The van der Waals surface area contributed by atoms with E-state index in [4.69, 9.17) is 21.0 Å². The van der Waals surface area contributed by atoms with Gasteiger partial charge in [-0.1, -0.05) is 11.8 Å². The lowest BCUT2D eigenvalue weighted by atomic mass is 10.1. The van der Waals surface area contributed by atoms with Crippen LogP contribution in [0.5, 0.6) is 5.88 Å². The summed E-state index contributed by atoms with van der Waals surface area (Å²) in [7, 11) is 0. The molecule has 0 aromatic carbocycles. The Bertz CT molecular complexity index is 798. The van der Waals surface area contributed by atoms with Crippen LogP contribution in [0.25, 0.3) is 0 Å². The van der Waals surface area contributed by atoms with Crippen LogP contribution < -0.4 is 21.1 Å². The first-order valence-corrected chi connectivity index (χ1v) is 8.66. The van der Waals surface area contributed by atoms with Gasteiger partial charge in [0.25, 0.3) is 12.3 Å². The van der Waals surface area contributed by atoms with Crippen LogP contribution >= 0.6 is 11.8 Å². The molecule has 6 N–H and O–H groups in total. The lowest BCUT2D eigenvalue weighted by Crippen LogP contribution is -2.27. The number of aliphatic hydroxyl groups excluding tert-OH is 1. The van der Waals surface area contributed by atoms with Crippen LogP contribution in [0.1, 0.15) is 6.92 Å². The van der Waals surface area contributed by atoms with Crippen molar-refractivity contribution in [2.75, 3.05) is 25.1 Å². The van der Waals surface area contributed by atoms with Crippen LogP contribution in [0.2, 0.25) is 0 Å². The van der Waals surface area contributed by atoms with Crippen LogP contribution in [0, 0.1) is 5.41 Å². The summed E-state index contributed by atoms with van der Waals surface area (Å²) in [5, 5.41) is 22.3. The van der Waals surface area contributed by atoms with Crippen molar-refractivity contribution in [3.8, 4) is 5.88 Å². The number of anilines is 1. The molecular weight excluding hydrogens is 380 g/mol. The number of allylic oxidation sites excluding steroid dienone is 1. The Morgan fingerprint density at radius 2 is 2.26 bits per heavy atom. The largest absolute Gasteiger partial charge is 0.470 e. The van der Waals surface area contributed by atoms with Gasteiger partial charge < -0.3 is 26.2 Å². The summed E-state index contributed by atoms with van der Waals surface area (Å²) < 4.78 is 29.7. The standard InChI is InChI=1S/C16H19F2N5O3S/c1-8-11(14(20)27-12(8)15(25)21-5-6-24)13(19)23-9-3-2-4-22-16(9)26-7-10(17)18/h2-4,10,20,23-24H,5-7,19H2,1H3,(H,21,25)/b13-11+,20-14?. The minimum Gasteiger partial charge on any atom is -0.470 e. The lowest BCUT2D eigenvalue weighted by Gasteiger charge is -2.14. The number of ether oxygens (including phenoxy) is 1. The number of nitrogens with two attached hydrogens (primary N) is 1. The molecule has 0 saturated heterocycles. The maximum atomic E-state index is 12.4. The molecule has 2 heterocycles. The third-order valence-electron chi connectivity index (χ3n) is 3.41. The van der Waals surface area contributed by atoms with Crippen LogP contribution in [0.4, 0.5) is 14.5 Å². The first-order chi connectivity index (χ1) is 12.8. The van der Waals surface area contributed by atoms with Gasteiger partial charge in [-0.2, -0.15) is 0 Å². The first-order valence-electron chi connectivity index (χ1n) is 7.85. The summed E-state index contributed by atoms with van der Waals surface area (Å²) in [5.74, 6) is -0.410. The van der Waals surface area contributed by atoms with Crippen molar-refractivity contribution in [3.63, 3.8) is 0 Å². The molecule has 1 aliphatic heterocycles. The average Bonchev–Trinajstić information content (AvgIpc) is 2.93. The van der Waals surface area contributed by atoms with Gasteiger partial charge in [0.2, 0.25) is 5.88 Å². The minimum absolute atomic E-state index is 0.0546. The van der Waals surface area contributed by atoms with E-state index < -0.39 is 18.9 Å². The van der Waals surface area contributed by atoms with Crippen molar-refractivity contribution >= 4 is 28.4 Å². The molecule has 0 bridgehead atoms. The van der Waals surface area contributed by atoms with E-state index in [0.29, 0.717) is 16.1 Å². The number of alkyl halides is 2. The highest BCUT2D eigenvalue weighted by Gasteiger charge is 2.29. The Hall–Kier alpha value is -2.66. The predicted octanol–water partition coefficient (Wildman–Crippen LogP) is 1.41. The maximum absolute atomic E-state index is 12.4. The molecule has 11 heteroatoms. The van der Waals surface area contributed by atoms with Crippen LogP contribution in [0.3, 0.4) is 0 Å². The van der Waals surface area contributed by atoms with Gasteiger partial charge in [0, 0.05) is 12.7 Å². The molecule has 1 aromatic heterocycles. The Labute approximate surface area is 158 Å². The molecule has 8 nitrogen and oxygen atoms in total. The second-order valence-corrected chi connectivity index (χ2v) is 6.36. The fourth-order valence-electron chi connectivity index (χ4n) is 2.25. The highest BCUT2D eigenvalue weighted by Crippen LogP contribution is 2.38. The monoisotopic (exact) mass is 399 g/mol. The molecule has 1 aromatic rings. The molecule has 0 radical (unpaired) electrons. The van der Waals surface area contributed by atoms with Crippen molar-refractivity contribution in [2.45, 2.75) is 13.3 Å². The second kappa shape index (κ2) is 9.33. The van der Waals surface area contributed by atoms with Gasteiger partial charge in [0.15, 0.2) is 6.61 Å². The Kier molecular flexibility index (Phi) is 7.13. The number of aromatic nitrogens is 1. The highest BCUT2D eigenvalue weighted by atomic mass is 32.2. The van der Waals surface area contributed by atoms with E-state index >= 15 is 0 Å². The predicted molar refractivity (Wildman–Crippen MR) is 98.7 cm³/mol. The first kappa shape index (κ1) is 20.6. The summed E-state index contributed by atoms with van der Waals surface area (Å²) in [6.07, 6.45) is -1.27. The zero-order chi connectivity index (χ0) is 20.0. The summed E-state index contributed by atoms with van der Waals surface area (Å²) in [5.41, 5.74) is 7.12. The van der Waals surface area contributed by atoms with Crippen LogP contribution in [0.15, 0.2) is 40.2 Å². The van der Waals surface area contributed by atoms with Gasteiger partial charge in [-0.25, -0.2) is 13.8 Å². The molecule has 0 spiro atoms. The number of halogens is 2. The number of nitrogens with zero attached hydrogens (tertiary/aromatic N) is 1. The molecule has 1 amide bonds. The third-order valence-corrected chi connectivity index (χ3v) is 4.51. The third kappa shape index (κ3) is 5.17. The number of hydrogen-bond acceptors (Lipinski definition) is 8. The zero-order valence-electron chi connectivity index (χ0n) is 14.4. The van der Waals surface area contributed by atoms with E-state index in [-0.39, 0.29) is 35.6 Å². The number of carbonyl (C=O) groups is 1. The normalized spacial score (nSPS) is 16.0. The SMILES string of the molecule is CC1=C(C(=O)NCCO)SC(=N)/C1=C(\N)Nc1cccnc1OCC(F)F. The topological polar surface area (TPSA) is 133 Å². The molecule has 0 fully saturated rings. The fourth-order valence-corrected chi connectivity index (χ4v) is 3.24. The molecule has 27 heavy (non-hydrogen) atoms. The van der Waals surface area contributed by atoms with Gasteiger partial charge in [-0.05, 0) is 24.6 Å². The summed E-state index contributed by atoms with van der Waals surface area (Å²) in [6, 6.07) is 3.11. The number of aliphatic hydroxyl groups is 1. The van der Waals surface area contributed by atoms with Gasteiger partial charge in [0.1, 0.15) is 16.6 Å². The number of hydrogen-bond donors (Lipinski definition) is 5. The van der Waals surface area contributed by atoms with E-state index in [0.717, 1.165) is 11.8 Å². The van der Waals surface area contributed by atoms with Crippen molar-refractivity contribution in [1.82, 2.24) is 10.3 Å². The average molecular weight is 399 g/mol. The molecule has 0 aliphatic carbocycles. The Morgan fingerprint density at radius 3 is 2.93 bits per heavy atom. The van der Waals surface area contributed by atoms with Crippen LogP contribution in [-0.2, 0) is 4.79 Å². The molecule has 0 saturated carbocycles. The van der Waals surface area contributed by atoms with Gasteiger partial charge in [-0.3, -0.25) is 10.2 Å². The summed E-state index contributed by atoms with van der Waals surface area (Å²) in [4.78, 5) is 16.3. The molecule has 0 atom stereocenters.